The van der Waals surface area contributed by atoms with Gasteiger partial charge in [-0.05, 0) is 47.6 Å². The molecule has 0 aromatic heterocycles. The number of amides is 1. The summed E-state index contributed by atoms with van der Waals surface area (Å²) in [6.45, 7) is 11.7. The number of rotatable bonds is 7. The number of esters is 1. The van der Waals surface area contributed by atoms with E-state index in [4.69, 9.17) is 14.2 Å². The molecule has 1 aromatic rings. The molecule has 0 saturated heterocycles. The van der Waals surface area contributed by atoms with Gasteiger partial charge in [-0.25, -0.2) is 13.4 Å². The van der Waals surface area contributed by atoms with E-state index in [0.717, 1.165) is 24.1 Å². The monoisotopic (exact) mass is 410 g/mol. The lowest BCUT2D eigenvalue weighted by molar-refractivity contribution is -0.147. The van der Waals surface area contributed by atoms with Crippen molar-refractivity contribution in [3.05, 3.63) is 23.8 Å². The van der Waals surface area contributed by atoms with Gasteiger partial charge in [0, 0.05) is 37.2 Å². The van der Waals surface area contributed by atoms with Gasteiger partial charge in [-0.15, -0.1) is 0 Å². The Labute approximate surface area is 171 Å². The number of ether oxygens (including phenoxy) is 3. The van der Waals surface area contributed by atoms with Crippen molar-refractivity contribution in [2.24, 2.45) is 0 Å². The molecule has 1 heterocycles. The highest BCUT2D eigenvalue weighted by atomic mass is 32.2. The molecule has 0 fully saturated rings. The van der Waals surface area contributed by atoms with Gasteiger partial charge in [0.15, 0.2) is 11.5 Å². The molecule has 1 aliphatic rings. The van der Waals surface area contributed by atoms with Crippen molar-refractivity contribution in [1.29, 1.82) is 0 Å². The smallest absolute Gasteiger partial charge is 0.426 e. The number of carbonyl (C=O) groups is 2. The summed E-state index contributed by atoms with van der Waals surface area (Å²) in [5.74, 6) is 0.678. The minimum absolute atomic E-state index is 0.00441. The Hall–Kier alpha value is -1.93. The first-order valence-electron chi connectivity index (χ1n) is 9.45. The number of hydrogen-bond acceptors (Lipinski definition) is 7. The predicted octanol–water partition coefficient (Wildman–Crippen LogP) is 4.06. The Bertz CT molecular complexity index is 723. The fraction of sp³-hybridized carbons (Fsp3) is 0.600. The Balaban J connectivity index is 2.07. The number of para-hydroxylation sites is 1. The largest absolute Gasteiger partial charge is 0.483 e. The van der Waals surface area contributed by atoms with Gasteiger partial charge in [0.05, 0.1) is 6.61 Å². The zero-order valence-electron chi connectivity index (χ0n) is 17.6. The zero-order chi connectivity index (χ0) is 21.1. The molecule has 0 radical (unpaired) electrons. The van der Waals surface area contributed by atoms with Gasteiger partial charge in [-0.2, -0.15) is 0 Å². The molecule has 0 aliphatic carbocycles. The normalized spacial score (nSPS) is 15.8. The highest BCUT2D eigenvalue weighted by Gasteiger charge is 2.34. The minimum Gasteiger partial charge on any atom is -0.483 e. The van der Waals surface area contributed by atoms with Crippen LogP contribution in [0.2, 0.25) is 0 Å². The first-order valence-corrected chi connectivity index (χ1v) is 10.2. The number of hydrogen-bond donors (Lipinski definition) is 0. The van der Waals surface area contributed by atoms with Crippen LogP contribution in [0.25, 0.3) is 0 Å². The third-order valence-electron chi connectivity index (χ3n) is 4.24. The van der Waals surface area contributed by atoms with E-state index in [1.165, 1.54) is 4.31 Å². The molecule has 8 heteroatoms. The van der Waals surface area contributed by atoms with E-state index >= 15 is 0 Å². The van der Waals surface area contributed by atoms with Crippen LogP contribution in [0.1, 0.15) is 47.1 Å². The summed E-state index contributed by atoms with van der Waals surface area (Å²) in [5.41, 5.74) is 0.694. The number of nitrogens with zero attached hydrogens (tertiary/aromatic N) is 2. The maximum Gasteiger partial charge on any atom is 0.426 e. The van der Waals surface area contributed by atoms with Crippen molar-refractivity contribution in [2.45, 2.75) is 65.6 Å². The van der Waals surface area contributed by atoms with Crippen molar-refractivity contribution in [3.63, 3.8) is 0 Å². The van der Waals surface area contributed by atoms with Crippen LogP contribution in [-0.2, 0) is 16.0 Å². The van der Waals surface area contributed by atoms with Crippen LogP contribution in [0, 0.1) is 0 Å². The topological polar surface area (TPSA) is 68.3 Å². The van der Waals surface area contributed by atoms with E-state index in [1.54, 1.807) is 31.3 Å². The van der Waals surface area contributed by atoms with Gasteiger partial charge in [-0.1, -0.05) is 12.1 Å². The van der Waals surface area contributed by atoms with E-state index in [1.807, 2.05) is 39.8 Å². The number of carbonyl (C=O) groups excluding carboxylic acids is 2. The van der Waals surface area contributed by atoms with E-state index in [9.17, 15) is 9.59 Å². The van der Waals surface area contributed by atoms with Crippen LogP contribution in [0.3, 0.4) is 0 Å². The van der Waals surface area contributed by atoms with Crippen molar-refractivity contribution < 1.29 is 23.8 Å². The average molecular weight is 411 g/mol. The third kappa shape index (κ3) is 5.32. The summed E-state index contributed by atoms with van der Waals surface area (Å²) in [4.78, 5) is 24.7. The average Bonchev–Trinajstić information content (AvgIpc) is 2.93. The Kier molecular flexibility index (Phi) is 7.22. The summed E-state index contributed by atoms with van der Waals surface area (Å²) in [6.07, 6.45) is 0.213. The number of fused-ring (bicyclic) bond motifs is 1. The van der Waals surface area contributed by atoms with Gasteiger partial charge in [0.25, 0.3) is 0 Å². The van der Waals surface area contributed by atoms with Gasteiger partial charge < -0.3 is 14.2 Å². The van der Waals surface area contributed by atoms with E-state index < -0.39 is 12.1 Å². The highest BCUT2D eigenvalue weighted by Crippen LogP contribution is 2.42. The van der Waals surface area contributed by atoms with Crippen molar-refractivity contribution >= 4 is 24.2 Å². The Morgan fingerprint density at radius 3 is 2.57 bits per heavy atom. The molecule has 0 N–H and O–H groups in total. The van der Waals surface area contributed by atoms with Gasteiger partial charge in [0.1, 0.15) is 11.6 Å². The molecule has 2 rings (SSSR count). The van der Waals surface area contributed by atoms with Gasteiger partial charge in [0.2, 0.25) is 0 Å². The van der Waals surface area contributed by atoms with Crippen LogP contribution < -0.4 is 9.47 Å². The molecule has 1 amide bonds. The summed E-state index contributed by atoms with van der Waals surface area (Å²) < 4.78 is 19.8. The molecule has 0 unspecified atom stereocenters. The second-order valence-corrected chi connectivity index (χ2v) is 8.74. The fourth-order valence-electron chi connectivity index (χ4n) is 2.98. The summed E-state index contributed by atoms with van der Waals surface area (Å²) in [5, 5.41) is 0. The van der Waals surface area contributed by atoms with Crippen molar-refractivity contribution in [2.75, 3.05) is 13.7 Å². The fourth-order valence-corrected chi connectivity index (χ4v) is 3.78. The zero-order valence-corrected chi connectivity index (χ0v) is 18.5. The SMILES string of the molecule is CCOC(=O)[C@@H](C)N(SN(C)C(=O)Oc1cccc2c1OC(C)(C)C2)C(C)C. The van der Waals surface area contributed by atoms with Crippen LogP contribution in [0.4, 0.5) is 4.79 Å². The molecule has 1 aliphatic heterocycles. The molecule has 1 atom stereocenters. The predicted molar refractivity (Wildman–Crippen MR) is 109 cm³/mol. The summed E-state index contributed by atoms with van der Waals surface area (Å²) in [7, 11) is 1.61. The van der Waals surface area contributed by atoms with Gasteiger partial charge in [-0.3, -0.25) is 4.79 Å². The Morgan fingerprint density at radius 1 is 1.29 bits per heavy atom. The number of benzene rings is 1. The molecule has 0 spiro atoms. The second kappa shape index (κ2) is 9.05. The Morgan fingerprint density at radius 2 is 1.96 bits per heavy atom. The molecule has 28 heavy (non-hydrogen) atoms. The molecular formula is C20H30N2O5S. The van der Waals surface area contributed by atoms with Crippen LogP contribution >= 0.6 is 12.1 Å². The maximum absolute atomic E-state index is 12.6. The maximum atomic E-state index is 12.6. The van der Waals surface area contributed by atoms with Crippen molar-refractivity contribution in [1.82, 2.24) is 8.61 Å². The lowest BCUT2D eigenvalue weighted by Crippen LogP contribution is -2.42. The van der Waals surface area contributed by atoms with Crippen LogP contribution in [0.15, 0.2) is 18.2 Å². The molecule has 0 saturated carbocycles. The van der Waals surface area contributed by atoms with Crippen molar-refractivity contribution in [3.8, 4) is 11.5 Å². The van der Waals surface area contributed by atoms with Gasteiger partial charge >= 0.3 is 12.1 Å². The van der Waals surface area contributed by atoms with Crippen LogP contribution in [0.5, 0.6) is 11.5 Å². The minimum atomic E-state index is -0.548. The third-order valence-corrected chi connectivity index (χ3v) is 5.56. The van der Waals surface area contributed by atoms with E-state index in [0.29, 0.717) is 18.1 Å². The first kappa shape index (κ1) is 22.4. The highest BCUT2D eigenvalue weighted by molar-refractivity contribution is 7.95. The molecule has 0 bridgehead atoms. The van der Waals surface area contributed by atoms with Crippen LogP contribution in [-0.4, -0.2) is 52.0 Å². The lowest BCUT2D eigenvalue weighted by atomic mass is 10.0. The first-order chi connectivity index (χ1) is 13.1. The molecule has 7 nitrogen and oxygen atoms in total. The summed E-state index contributed by atoms with van der Waals surface area (Å²) in [6, 6.07) is 5.04. The summed E-state index contributed by atoms with van der Waals surface area (Å²) >= 11 is 1.13. The molecular weight excluding hydrogens is 380 g/mol. The molecule has 156 valence electrons. The second-order valence-electron chi connectivity index (χ2n) is 7.61. The van der Waals surface area contributed by atoms with E-state index in [-0.39, 0.29) is 17.6 Å². The lowest BCUT2D eigenvalue weighted by Gasteiger charge is -2.32. The quantitative estimate of drug-likeness (QED) is 0.496. The standard InChI is InChI=1S/C20H30N2O5S/c1-8-25-18(23)14(4)22(13(2)3)28-21(7)19(24)26-16-11-9-10-15-12-20(5,6)27-17(15)16/h9-11,13-14H,8,12H2,1-7H3/t14-/m1/s1. The molecule has 1 aromatic carbocycles. The van der Waals surface area contributed by atoms with E-state index in [2.05, 4.69) is 0 Å².